The smallest absolute Gasteiger partial charge is 0.263 e. The molecular weight excluding hydrogens is 388 g/mol. The molecule has 3 N–H and O–H groups in total. The monoisotopic (exact) mass is 413 g/mol. The number of pyridine rings is 1. The number of aromatic nitrogens is 1. The minimum absolute atomic E-state index is 0.702. The Morgan fingerprint density at radius 1 is 1.11 bits per heavy atom. The summed E-state index contributed by atoms with van der Waals surface area (Å²) in [5, 5.41) is 7.10. The zero-order chi connectivity index (χ0) is 20.3. The molecule has 2 rings (SSSR count). The van der Waals surface area contributed by atoms with E-state index in [0.29, 0.717) is 6.66 Å². The Balaban J connectivity index is 2.32. The van der Waals surface area contributed by atoms with Gasteiger partial charge in [-0.2, -0.15) is 0 Å². The van der Waals surface area contributed by atoms with E-state index in [9.17, 15) is 28.9 Å². The van der Waals surface area contributed by atoms with Crippen LogP contribution in [0.4, 0.5) is 0 Å². The van der Waals surface area contributed by atoms with Crippen LogP contribution < -0.4 is 9.46 Å². The van der Waals surface area contributed by atoms with Crippen LogP contribution in [-0.2, 0) is 22.1 Å². The van der Waals surface area contributed by atoms with Crippen LogP contribution in [0.2, 0.25) is 0 Å². The predicted molar refractivity (Wildman–Crippen MR) is 101 cm³/mol. The van der Waals surface area contributed by atoms with Crippen LogP contribution >= 0.6 is 15.0 Å². The van der Waals surface area contributed by atoms with E-state index < -0.39 is 26.6 Å². The first-order valence-corrected chi connectivity index (χ1v) is 12.3. The van der Waals surface area contributed by atoms with Gasteiger partial charge in [0.1, 0.15) is 0 Å². The second kappa shape index (κ2) is 8.36. The van der Waals surface area contributed by atoms with Gasteiger partial charge in [0.25, 0.3) is 5.08 Å². The Kier molecular flexibility index (Phi) is 6.80. The van der Waals surface area contributed by atoms with Gasteiger partial charge in [-0.1, -0.05) is 37.6 Å². The second-order valence-corrected chi connectivity index (χ2v) is 11.4. The van der Waals surface area contributed by atoms with Gasteiger partial charge >= 0.3 is 0 Å². The molecule has 27 heavy (non-hydrogen) atoms. The first-order valence-electron chi connectivity index (χ1n) is 8.63. The summed E-state index contributed by atoms with van der Waals surface area (Å²) in [5.41, 5.74) is 2.84. The zero-order valence-electron chi connectivity index (χ0n) is 15.4. The third-order valence-corrected chi connectivity index (χ3v) is 8.86. The SMILES string of the molecule is CCCCc1ccc(-c2ccc[n+](CC(O)(P(C)(=O)O)P(=O)([O-])O)c2)cc1. The highest BCUT2D eigenvalue weighted by Crippen LogP contribution is 2.65. The highest BCUT2D eigenvalue weighted by atomic mass is 31.2. The van der Waals surface area contributed by atoms with E-state index in [1.165, 1.54) is 16.3 Å². The molecule has 0 spiro atoms. The van der Waals surface area contributed by atoms with E-state index in [1.807, 2.05) is 24.3 Å². The first kappa shape index (κ1) is 22.0. The lowest BCUT2D eigenvalue weighted by Crippen LogP contribution is -2.49. The molecule has 0 aliphatic heterocycles. The molecule has 7 nitrogen and oxygen atoms in total. The highest BCUT2D eigenvalue weighted by Gasteiger charge is 2.54. The largest absolute Gasteiger partial charge is 0.776 e. The molecule has 1 aromatic heterocycles. The molecule has 148 valence electrons. The highest BCUT2D eigenvalue weighted by molar-refractivity contribution is 7.74. The Labute approximate surface area is 158 Å². The molecule has 9 heteroatoms. The Bertz CT molecular complexity index is 850. The molecule has 0 radical (unpaired) electrons. The molecule has 0 fully saturated rings. The molecule has 0 aliphatic carbocycles. The molecule has 3 atom stereocenters. The van der Waals surface area contributed by atoms with Gasteiger partial charge < -0.3 is 24.4 Å². The molecule has 2 aromatic rings. The van der Waals surface area contributed by atoms with Crippen LogP contribution in [0.25, 0.3) is 11.1 Å². The fourth-order valence-corrected chi connectivity index (χ4v) is 5.38. The van der Waals surface area contributed by atoms with Crippen LogP contribution in [0.3, 0.4) is 0 Å². The molecule has 1 aromatic carbocycles. The first-order chi connectivity index (χ1) is 12.5. The van der Waals surface area contributed by atoms with Crippen LogP contribution in [0.1, 0.15) is 25.3 Å². The topological polar surface area (TPSA) is 122 Å². The predicted octanol–water partition coefficient (Wildman–Crippen LogP) is 2.08. The Hall–Kier alpha value is -1.33. The number of benzene rings is 1. The third kappa shape index (κ3) is 5.14. The summed E-state index contributed by atoms with van der Waals surface area (Å²) in [6, 6.07) is 11.4. The van der Waals surface area contributed by atoms with E-state index in [1.54, 1.807) is 18.3 Å². The van der Waals surface area contributed by atoms with Crippen molar-refractivity contribution in [2.75, 3.05) is 6.66 Å². The summed E-state index contributed by atoms with van der Waals surface area (Å²) < 4.78 is 24.8. The third-order valence-electron chi connectivity index (χ3n) is 4.48. The number of hydrogen-bond donors (Lipinski definition) is 3. The van der Waals surface area contributed by atoms with Gasteiger partial charge in [-0.15, -0.1) is 0 Å². The molecule has 0 saturated carbocycles. The number of unbranched alkanes of at least 4 members (excludes halogenated alkanes) is 1. The van der Waals surface area contributed by atoms with E-state index in [0.717, 1.165) is 30.4 Å². The average molecular weight is 413 g/mol. The van der Waals surface area contributed by atoms with Crippen LogP contribution in [0, 0.1) is 0 Å². The fraction of sp³-hybridized carbons (Fsp3) is 0.389. The van der Waals surface area contributed by atoms with E-state index >= 15 is 0 Å². The number of hydrogen-bond acceptors (Lipinski definition) is 4. The lowest BCUT2D eigenvalue weighted by Gasteiger charge is -2.35. The normalized spacial score (nSPS) is 18.3. The minimum Gasteiger partial charge on any atom is -0.776 e. The summed E-state index contributed by atoms with van der Waals surface area (Å²) in [4.78, 5) is 30.6. The molecule has 1 heterocycles. The average Bonchev–Trinajstić information content (AvgIpc) is 2.58. The summed E-state index contributed by atoms with van der Waals surface area (Å²) >= 11 is 0. The van der Waals surface area contributed by atoms with Gasteiger partial charge in [0, 0.05) is 18.3 Å². The van der Waals surface area contributed by atoms with E-state index in [-0.39, 0.29) is 0 Å². The number of aryl methyl sites for hydroxylation is 1. The number of nitrogens with zero attached hydrogens (tertiary/aromatic N) is 1. The molecule has 3 unspecified atom stereocenters. The zero-order valence-corrected chi connectivity index (χ0v) is 17.1. The van der Waals surface area contributed by atoms with Crippen molar-refractivity contribution in [3.05, 3.63) is 54.4 Å². The summed E-state index contributed by atoms with van der Waals surface area (Å²) in [5.74, 6) is 0. The second-order valence-electron chi connectivity index (χ2n) is 6.74. The summed E-state index contributed by atoms with van der Waals surface area (Å²) in [6.07, 6.45) is 6.23. The van der Waals surface area contributed by atoms with Gasteiger partial charge in [-0.3, -0.25) is 4.57 Å². The standard InChI is InChI=1S/C18H25NO6P2/c1-3-4-6-15-8-10-16(11-9-15)17-7-5-12-19(13-17)14-18(20,26(2,21)22)27(23,24)25/h5,7-13,20H,3-4,6,14H2,1-2H3,(H2-,21,22,23,24,25). The maximum atomic E-state index is 11.9. The van der Waals surface area contributed by atoms with Crippen LogP contribution in [-0.4, -0.2) is 26.6 Å². The number of rotatable bonds is 8. The van der Waals surface area contributed by atoms with Crippen molar-refractivity contribution >= 4 is 15.0 Å². The lowest BCUT2D eigenvalue weighted by molar-refractivity contribution is -0.703. The van der Waals surface area contributed by atoms with Crippen molar-refractivity contribution in [3.8, 4) is 11.1 Å². The van der Waals surface area contributed by atoms with Gasteiger partial charge in [0.05, 0.1) is 0 Å². The quantitative estimate of drug-likeness (QED) is 0.450. The molecule has 0 aliphatic rings. The summed E-state index contributed by atoms with van der Waals surface area (Å²) in [7, 11) is -10.1. The van der Waals surface area contributed by atoms with Gasteiger partial charge in [-0.25, -0.2) is 4.57 Å². The molecule has 0 saturated heterocycles. The lowest BCUT2D eigenvalue weighted by atomic mass is 10.0. The molecular formula is C18H25NO6P2. The Morgan fingerprint density at radius 3 is 2.26 bits per heavy atom. The van der Waals surface area contributed by atoms with E-state index in [2.05, 4.69) is 6.92 Å². The molecule has 0 amide bonds. The van der Waals surface area contributed by atoms with Crippen LogP contribution in [0.5, 0.6) is 0 Å². The Morgan fingerprint density at radius 2 is 1.74 bits per heavy atom. The van der Waals surface area contributed by atoms with Crippen LogP contribution in [0.15, 0.2) is 48.8 Å². The van der Waals surface area contributed by atoms with Crippen molar-refractivity contribution in [1.29, 1.82) is 0 Å². The fourth-order valence-electron chi connectivity index (χ4n) is 2.74. The molecule has 0 bridgehead atoms. The minimum atomic E-state index is -5.51. The maximum Gasteiger partial charge on any atom is 0.263 e. The summed E-state index contributed by atoms with van der Waals surface area (Å²) in [6.45, 7) is 2.07. The van der Waals surface area contributed by atoms with Crippen molar-refractivity contribution in [1.82, 2.24) is 0 Å². The van der Waals surface area contributed by atoms with Crippen molar-refractivity contribution in [2.45, 2.75) is 37.8 Å². The number of aliphatic hydroxyl groups is 1. The van der Waals surface area contributed by atoms with E-state index in [4.69, 9.17) is 0 Å². The van der Waals surface area contributed by atoms with Crippen molar-refractivity contribution in [3.63, 3.8) is 0 Å². The maximum absolute atomic E-state index is 11.9. The van der Waals surface area contributed by atoms with Gasteiger partial charge in [-0.05, 0) is 30.0 Å². The van der Waals surface area contributed by atoms with Gasteiger partial charge in [0.2, 0.25) is 7.37 Å². The van der Waals surface area contributed by atoms with Crippen molar-refractivity contribution in [2.24, 2.45) is 0 Å². The van der Waals surface area contributed by atoms with Crippen molar-refractivity contribution < 1.29 is 33.5 Å². The van der Waals surface area contributed by atoms with Gasteiger partial charge in [0.15, 0.2) is 26.5 Å².